The number of nitrogens with zero attached hydrogens (tertiary/aromatic N) is 1. The Morgan fingerprint density at radius 1 is 1.12 bits per heavy atom. The lowest BCUT2D eigenvalue weighted by Crippen LogP contribution is -2.45. The van der Waals surface area contributed by atoms with E-state index in [9.17, 15) is 0 Å². The van der Waals surface area contributed by atoms with Crippen molar-refractivity contribution in [3.05, 3.63) is 35.4 Å². The first-order valence-electron chi connectivity index (χ1n) is 8.73. The van der Waals surface area contributed by atoms with Crippen molar-refractivity contribution >= 4 is 5.96 Å². The van der Waals surface area contributed by atoms with Gasteiger partial charge in [0.2, 0.25) is 0 Å². The molecule has 0 unspecified atom stereocenters. The van der Waals surface area contributed by atoms with Crippen LogP contribution in [0.1, 0.15) is 31.9 Å². The zero-order valence-corrected chi connectivity index (χ0v) is 16.2. The molecule has 2 N–H and O–H groups in total. The predicted octanol–water partition coefficient (Wildman–Crippen LogP) is 2.33. The van der Waals surface area contributed by atoms with E-state index in [1.165, 1.54) is 5.56 Å². The molecule has 0 heterocycles. The Bertz CT molecular complexity index is 518. The van der Waals surface area contributed by atoms with Crippen LogP contribution < -0.4 is 10.6 Å². The normalized spacial score (nSPS) is 12.3. The topological polar surface area (TPSA) is 64.1 Å². The summed E-state index contributed by atoms with van der Waals surface area (Å²) in [6.45, 7) is 9.98. The largest absolute Gasteiger partial charge is 0.379 e. The summed E-state index contributed by atoms with van der Waals surface area (Å²) in [4.78, 5) is 4.24. The molecule has 25 heavy (non-hydrogen) atoms. The van der Waals surface area contributed by atoms with Gasteiger partial charge in [-0.3, -0.25) is 4.99 Å². The van der Waals surface area contributed by atoms with Crippen molar-refractivity contribution in [2.24, 2.45) is 4.99 Å². The highest BCUT2D eigenvalue weighted by Gasteiger charge is 2.16. The molecule has 0 aliphatic rings. The summed E-state index contributed by atoms with van der Waals surface area (Å²) in [5, 5.41) is 6.59. The van der Waals surface area contributed by atoms with Gasteiger partial charge in [-0.15, -0.1) is 0 Å². The monoisotopic (exact) mass is 351 g/mol. The SMILES string of the molecule is CCOCCOCc1cccc(CNC(=NC)NCC(C)(C)OC)c1. The Morgan fingerprint density at radius 2 is 1.84 bits per heavy atom. The molecule has 0 bridgehead atoms. The number of hydrogen-bond acceptors (Lipinski definition) is 4. The number of hydrogen-bond donors (Lipinski definition) is 2. The quantitative estimate of drug-likeness (QED) is 0.364. The molecule has 1 aromatic carbocycles. The average Bonchev–Trinajstić information content (AvgIpc) is 2.62. The first-order valence-corrected chi connectivity index (χ1v) is 8.73. The summed E-state index contributed by atoms with van der Waals surface area (Å²) in [7, 11) is 3.47. The van der Waals surface area contributed by atoms with Gasteiger partial charge in [0.25, 0.3) is 0 Å². The number of guanidine groups is 1. The zero-order chi connectivity index (χ0) is 18.5. The molecule has 1 aromatic rings. The number of methoxy groups -OCH3 is 1. The van der Waals surface area contributed by atoms with Crippen molar-refractivity contribution < 1.29 is 14.2 Å². The number of rotatable bonds is 11. The van der Waals surface area contributed by atoms with Crippen molar-refractivity contribution in [2.45, 2.75) is 39.5 Å². The smallest absolute Gasteiger partial charge is 0.191 e. The Hall–Kier alpha value is -1.63. The number of benzene rings is 1. The van der Waals surface area contributed by atoms with Gasteiger partial charge >= 0.3 is 0 Å². The molecule has 0 fully saturated rings. The fourth-order valence-corrected chi connectivity index (χ4v) is 2.06. The number of nitrogens with one attached hydrogen (secondary N) is 2. The van der Waals surface area contributed by atoms with E-state index < -0.39 is 0 Å². The molecule has 0 aliphatic heterocycles. The van der Waals surface area contributed by atoms with Crippen LogP contribution in [0.2, 0.25) is 0 Å². The molecule has 0 saturated heterocycles. The van der Waals surface area contributed by atoms with E-state index in [1.54, 1.807) is 14.2 Å². The maximum absolute atomic E-state index is 5.62. The molecule has 0 saturated carbocycles. The van der Waals surface area contributed by atoms with Crippen molar-refractivity contribution in [3.8, 4) is 0 Å². The highest BCUT2D eigenvalue weighted by molar-refractivity contribution is 5.79. The molecule has 0 aliphatic carbocycles. The summed E-state index contributed by atoms with van der Waals surface area (Å²) in [6, 6.07) is 8.34. The van der Waals surface area contributed by atoms with Gasteiger partial charge in [-0.2, -0.15) is 0 Å². The molecular formula is C19H33N3O3. The molecule has 1 rings (SSSR count). The van der Waals surface area contributed by atoms with Crippen molar-refractivity contribution in [3.63, 3.8) is 0 Å². The van der Waals surface area contributed by atoms with Crippen LogP contribution in [-0.2, 0) is 27.4 Å². The van der Waals surface area contributed by atoms with E-state index in [4.69, 9.17) is 14.2 Å². The van der Waals surface area contributed by atoms with Crippen LogP contribution in [0.15, 0.2) is 29.3 Å². The second-order valence-corrected chi connectivity index (χ2v) is 6.31. The molecular weight excluding hydrogens is 318 g/mol. The lowest BCUT2D eigenvalue weighted by molar-refractivity contribution is 0.0268. The summed E-state index contributed by atoms with van der Waals surface area (Å²) < 4.78 is 16.3. The van der Waals surface area contributed by atoms with Gasteiger partial charge in [-0.1, -0.05) is 24.3 Å². The van der Waals surface area contributed by atoms with Gasteiger partial charge in [0.1, 0.15) is 0 Å². The van der Waals surface area contributed by atoms with Crippen molar-refractivity contribution in [1.29, 1.82) is 0 Å². The van der Waals surface area contributed by atoms with Gasteiger partial charge in [0.05, 0.1) is 25.4 Å². The van der Waals surface area contributed by atoms with Crippen LogP contribution in [0, 0.1) is 0 Å². The lowest BCUT2D eigenvalue weighted by atomic mass is 10.1. The van der Waals surface area contributed by atoms with Gasteiger partial charge in [0, 0.05) is 33.9 Å². The predicted molar refractivity (Wildman–Crippen MR) is 102 cm³/mol. The highest BCUT2D eigenvalue weighted by Crippen LogP contribution is 2.07. The third-order valence-corrected chi connectivity index (χ3v) is 3.75. The van der Waals surface area contributed by atoms with E-state index in [-0.39, 0.29) is 5.60 Å². The van der Waals surface area contributed by atoms with Gasteiger partial charge < -0.3 is 24.8 Å². The maximum atomic E-state index is 5.62. The minimum Gasteiger partial charge on any atom is -0.379 e. The minimum absolute atomic E-state index is 0.240. The lowest BCUT2D eigenvalue weighted by Gasteiger charge is -2.24. The van der Waals surface area contributed by atoms with E-state index >= 15 is 0 Å². The molecule has 142 valence electrons. The maximum Gasteiger partial charge on any atom is 0.191 e. The summed E-state index contributed by atoms with van der Waals surface area (Å²) in [6.07, 6.45) is 0. The minimum atomic E-state index is -0.240. The van der Waals surface area contributed by atoms with Gasteiger partial charge in [0.15, 0.2) is 5.96 Å². The van der Waals surface area contributed by atoms with Crippen LogP contribution in [0.5, 0.6) is 0 Å². The molecule has 0 spiro atoms. The van der Waals surface area contributed by atoms with Crippen molar-refractivity contribution in [2.75, 3.05) is 40.5 Å². The molecule has 0 radical (unpaired) electrons. The third-order valence-electron chi connectivity index (χ3n) is 3.75. The van der Waals surface area contributed by atoms with E-state index in [1.807, 2.05) is 26.8 Å². The fraction of sp³-hybridized carbons (Fsp3) is 0.632. The van der Waals surface area contributed by atoms with Gasteiger partial charge in [-0.05, 0) is 31.9 Å². The zero-order valence-electron chi connectivity index (χ0n) is 16.2. The highest BCUT2D eigenvalue weighted by atomic mass is 16.5. The number of aliphatic imine (C=N–C) groups is 1. The third kappa shape index (κ3) is 9.43. The van der Waals surface area contributed by atoms with Crippen LogP contribution in [0.3, 0.4) is 0 Å². The Balaban J connectivity index is 2.41. The summed E-state index contributed by atoms with van der Waals surface area (Å²) in [5.41, 5.74) is 2.09. The van der Waals surface area contributed by atoms with E-state index in [0.717, 1.165) is 18.1 Å². The molecule has 0 amide bonds. The Labute approximate surface area is 152 Å². The molecule has 6 heteroatoms. The van der Waals surface area contributed by atoms with Crippen LogP contribution >= 0.6 is 0 Å². The number of ether oxygens (including phenoxy) is 3. The molecule has 0 aromatic heterocycles. The first kappa shape index (κ1) is 21.4. The second kappa shape index (κ2) is 11.8. The van der Waals surface area contributed by atoms with Crippen molar-refractivity contribution in [1.82, 2.24) is 10.6 Å². The first-order chi connectivity index (χ1) is 12.0. The Morgan fingerprint density at radius 3 is 2.52 bits per heavy atom. The fourth-order valence-electron chi connectivity index (χ4n) is 2.06. The van der Waals surface area contributed by atoms with Crippen LogP contribution in [0.4, 0.5) is 0 Å². The van der Waals surface area contributed by atoms with E-state index in [2.05, 4.69) is 33.8 Å². The second-order valence-electron chi connectivity index (χ2n) is 6.31. The van der Waals surface area contributed by atoms with Crippen LogP contribution in [0.25, 0.3) is 0 Å². The molecule has 0 atom stereocenters. The summed E-state index contributed by atoms with van der Waals surface area (Å²) in [5.74, 6) is 0.753. The van der Waals surface area contributed by atoms with Crippen LogP contribution in [-0.4, -0.2) is 52.1 Å². The standard InChI is InChI=1S/C19H33N3O3/c1-6-24-10-11-25-14-17-9-7-8-16(12-17)13-21-18(20-4)22-15-19(2,3)23-5/h7-9,12H,6,10-11,13-15H2,1-5H3,(H2,20,21,22). The average molecular weight is 351 g/mol. The Kier molecular flexibility index (Phi) is 10.1. The van der Waals surface area contributed by atoms with E-state index in [0.29, 0.717) is 32.9 Å². The molecule has 6 nitrogen and oxygen atoms in total. The van der Waals surface area contributed by atoms with Gasteiger partial charge in [-0.25, -0.2) is 0 Å². The summed E-state index contributed by atoms with van der Waals surface area (Å²) >= 11 is 0.